The SMILES string of the molecule is CC(C)c1cc(N2CCNCC2)no1. The third-order valence-corrected chi connectivity index (χ3v) is 2.53. The van der Waals surface area contributed by atoms with E-state index in [0.29, 0.717) is 5.92 Å². The van der Waals surface area contributed by atoms with E-state index in [0.717, 1.165) is 37.8 Å². The van der Waals surface area contributed by atoms with Crippen LogP contribution < -0.4 is 10.2 Å². The van der Waals surface area contributed by atoms with Crippen molar-refractivity contribution in [3.05, 3.63) is 11.8 Å². The predicted octanol–water partition coefficient (Wildman–Crippen LogP) is 1.21. The van der Waals surface area contributed by atoms with Crippen LogP contribution in [0, 0.1) is 0 Å². The zero-order chi connectivity index (χ0) is 9.97. The minimum Gasteiger partial charge on any atom is -0.359 e. The highest BCUT2D eigenvalue weighted by Crippen LogP contribution is 2.20. The van der Waals surface area contributed by atoms with Gasteiger partial charge in [0.2, 0.25) is 0 Å². The Hall–Kier alpha value is -1.03. The maximum atomic E-state index is 5.27. The summed E-state index contributed by atoms with van der Waals surface area (Å²) in [7, 11) is 0. The number of nitrogens with zero attached hydrogens (tertiary/aromatic N) is 2. The Morgan fingerprint density at radius 1 is 1.43 bits per heavy atom. The van der Waals surface area contributed by atoms with Crippen molar-refractivity contribution in [1.29, 1.82) is 0 Å². The molecular weight excluding hydrogens is 178 g/mol. The molecule has 0 saturated carbocycles. The Bertz CT molecular complexity index is 289. The largest absolute Gasteiger partial charge is 0.359 e. The molecule has 0 spiro atoms. The molecule has 4 nitrogen and oxygen atoms in total. The zero-order valence-electron chi connectivity index (χ0n) is 8.79. The molecule has 0 amide bonds. The number of piperazine rings is 1. The molecule has 0 bridgehead atoms. The van der Waals surface area contributed by atoms with E-state index in [2.05, 4.69) is 35.3 Å². The van der Waals surface area contributed by atoms with Crippen LogP contribution in [0.5, 0.6) is 0 Å². The summed E-state index contributed by atoms with van der Waals surface area (Å²) in [6.07, 6.45) is 0. The van der Waals surface area contributed by atoms with Gasteiger partial charge in [0.1, 0.15) is 5.76 Å². The molecule has 1 aromatic heterocycles. The van der Waals surface area contributed by atoms with Crippen molar-refractivity contribution in [2.75, 3.05) is 31.1 Å². The molecule has 0 radical (unpaired) electrons. The highest BCUT2D eigenvalue weighted by Gasteiger charge is 2.15. The lowest BCUT2D eigenvalue weighted by Gasteiger charge is -2.26. The van der Waals surface area contributed by atoms with Gasteiger partial charge in [-0.15, -0.1) is 0 Å². The third-order valence-electron chi connectivity index (χ3n) is 2.53. The van der Waals surface area contributed by atoms with Gasteiger partial charge in [0, 0.05) is 38.2 Å². The molecule has 1 aliphatic heterocycles. The van der Waals surface area contributed by atoms with Crippen LogP contribution in [0.3, 0.4) is 0 Å². The molecule has 14 heavy (non-hydrogen) atoms. The zero-order valence-corrected chi connectivity index (χ0v) is 8.79. The minimum absolute atomic E-state index is 0.416. The molecule has 2 rings (SSSR count). The predicted molar refractivity (Wildman–Crippen MR) is 55.7 cm³/mol. The van der Waals surface area contributed by atoms with Crippen LogP contribution in [0.4, 0.5) is 5.82 Å². The summed E-state index contributed by atoms with van der Waals surface area (Å²) in [5.74, 6) is 2.37. The van der Waals surface area contributed by atoms with Gasteiger partial charge in [0.25, 0.3) is 0 Å². The lowest BCUT2D eigenvalue weighted by Crippen LogP contribution is -2.43. The maximum Gasteiger partial charge on any atom is 0.172 e. The van der Waals surface area contributed by atoms with Crippen LogP contribution in [0.1, 0.15) is 25.5 Å². The first-order chi connectivity index (χ1) is 6.77. The maximum absolute atomic E-state index is 5.27. The van der Waals surface area contributed by atoms with E-state index in [1.165, 1.54) is 0 Å². The van der Waals surface area contributed by atoms with E-state index in [9.17, 15) is 0 Å². The van der Waals surface area contributed by atoms with Crippen molar-refractivity contribution in [3.63, 3.8) is 0 Å². The summed E-state index contributed by atoms with van der Waals surface area (Å²) in [5.41, 5.74) is 0. The van der Waals surface area contributed by atoms with E-state index < -0.39 is 0 Å². The van der Waals surface area contributed by atoms with Crippen LogP contribution in [0.25, 0.3) is 0 Å². The van der Waals surface area contributed by atoms with Crippen LogP contribution >= 0.6 is 0 Å². The van der Waals surface area contributed by atoms with Gasteiger partial charge in [-0.2, -0.15) is 0 Å². The summed E-state index contributed by atoms with van der Waals surface area (Å²) < 4.78 is 5.27. The van der Waals surface area contributed by atoms with E-state index in [4.69, 9.17) is 4.52 Å². The van der Waals surface area contributed by atoms with Gasteiger partial charge in [-0.25, -0.2) is 0 Å². The lowest BCUT2D eigenvalue weighted by molar-refractivity contribution is 0.370. The molecule has 1 aromatic rings. The first-order valence-corrected chi connectivity index (χ1v) is 5.19. The number of hydrogen-bond donors (Lipinski definition) is 1. The standard InChI is InChI=1S/C10H17N3O/c1-8(2)9-7-10(12-14-9)13-5-3-11-4-6-13/h7-8,11H,3-6H2,1-2H3. The van der Waals surface area contributed by atoms with Crippen LogP contribution in [-0.4, -0.2) is 31.3 Å². The van der Waals surface area contributed by atoms with Gasteiger partial charge >= 0.3 is 0 Å². The van der Waals surface area contributed by atoms with Crippen molar-refractivity contribution in [2.45, 2.75) is 19.8 Å². The van der Waals surface area contributed by atoms with E-state index >= 15 is 0 Å². The fourth-order valence-corrected chi connectivity index (χ4v) is 1.59. The topological polar surface area (TPSA) is 41.3 Å². The van der Waals surface area contributed by atoms with Gasteiger partial charge < -0.3 is 14.7 Å². The monoisotopic (exact) mass is 195 g/mol. The second-order valence-corrected chi connectivity index (χ2v) is 3.98. The molecule has 0 atom stereocenters. The fraction of sp³-hybridized carbons (Fsp3) is 0.700. The quantitative estimate of drug-likeness (QED) is 0.770. The van der Waals surface area contributed by atoms with E-state index in [1.807, 2.05) is 0 Å². The number of nitrogens with one attached hydrogen (secondary N) is 1. The van der Waals surface area contributed by atoms with Gasteiger partial charge in [-0.05, 0) is 0 Å². The van der Waals surface area contributed by atoms with Crippen molar-refractivity contribution in [3.8, 4) is 0 Å². The molecule has 0 unspecified atom stereocenters. The van der Waals surface area contributed by atoms with Crippen LogP contribution in [0.2, 0.25) is 0 Å². The summed E-state index contributed by atoms with van der Waals surface area (Å²) in [6.45, 7) is 8.33. The van der Waals surface area contributed by atoms with Crippen molar-refractivity contribution in [1.82, 2.24) is 10.5 Å². The third kappa shape index (κ3) is 1.90. The summed E-state index contributed by atoms with van der Waals surface area (Å²) in [6, 6.07) is 2.05. The molecule has 0 aliphatic carbocycles. The Morgan fingerprint density at radius 2 is 2.14 bits per heavy atom. The summed E-state index contributed by atoms with van der Waals surface area (Å²) >= 11 is 0. The lowest BCUT2D eigenvalue weighted by atomic mass is 10.1. The summed E-state index contributed by atoms with van der Waals surface area (Å²) in [4.78, 5) is 2.26. The van der Waals surface area contributed by atoms with Crippen molar-refractivity contribution in [2.24, 2.45) is 0 Å². The molecule has 1 fully saturated rings. The first-order valence-electron chi connectivity index (χ1n) is 5.19. The molecule has 0 aromatic carbocycles. The number of hydrogen-bond acceptors (Lipinski definition) is 4. The molecule has 1 N–H and O–H groups in total. The van der Waals surface area contributed by atoms with Crippen molar-refractivity contribution >= 4 is 5.82 Å². The summed E-state index contributed by atoms with van der Waals surface area (Å²) in [5, 5.41) is 7.40. The Morgan fingerprint density at radius 3 is 2.71 bits per heavy atom. The van der Waals surface area contributed by atoms with Crippen LogP contribution in [-0.2, 0) is 0 Å². The molecular formula is C10H17N3O. The number of aromatic nitrogens is 1. The van der Waals surface area contributed by atoms with Gasteiger partial charge in [0.05, 0.1) is 0 Å². The first kappa shape index (κ1) is 9.52. The Kier molecular flexibility index (Phi) is 2.72. The Labute approximate surface area is 84.3 Å². The second kappa shape index (κ2) is 4.00. The second-order valence-electron chi connectivity index (χ2n) is 3.98. The molecule has 78 valence electrons. The molecule has 2 heterocycles. The van der Waals surface area contributed by atoms with Gasteiger partial charge in [-0.1, -0.05) is 19.0 Å². The molecule has 4 heteroatoms. The Balaban J connectivity index is 2.07. The van der Waals surface area contributed by atoms with E-state index in [-0.39, 0.29) is 0 Å². The normalized spacial score (nSPS) is 17.8. The molecule has 1 aliphatic rings. The highest BCUT2D eigenvalue weighted by molar-refractivity contribution is 5.39. The van der Waals surface area contributed by atoms with Gasteiger partial charge in [-0.3, -0.25) is 0 Å². The smallest absolute Gasteiger partial charge is 0.172 e. The fourth-order valence-electron chi connectivity index (χ4n) is 1.59. The average molecular weight is 195 g/mol. The number of rotatable bonds is 2. The van der Waals surface area contributed by atoms with Crippen molar-refractivity contribution < 1.29 is 4.52 Å². The minimum atomic E-state index is 0.416. The highest BCUT2D eigenvalue weighted by atomic mass is 16.5. The average Bonchev–Trinajstić information content (AvgIpc) is 2.68. The van der Waals surface area contributed by atoms with Gasteiger partial charge in [0.15, 0.2) is 5.82 Å². The van der Waals surface area contributed by atoms with Crippen LogP contribution in [0.15, 0.2) is 10.6 Å². The molecule has 1 saturated heterocycles. The number of anilines is 1. The van der Waals surface area contributed by atoms with E-state index in [1.54, 1.807) is 0 Å².